The first-order valence-corrected chi connectivity index (χ1v) is 10.8. The molecular formula is C21H31ClN4O. The fourth-order valence-corrected chi connectivity index (χ4v) is 5.23. The van der Waals surface area contributed by atoms with Crippen molar-refractivity contribution in [1.82, 2.24) is 15.1 Å². The predicted molar refractivity (Wildman–Crippen MR) is 111 cm³/mol. The van der Waals surface area contributed by atoms with Crippen molar-refractivity contribution in [1.29, 1.82) is 0 Å². The smallest absolute Gasteiger partial charge is 0.240 e. The van der Waals surface area contributed by atoms with Gasteiger partial charge >= 0.3 is 0 Å². The Morgan fingerprint density at radius 1 is 1.04 bits per heavy atom. The van der Waals surface area contributed by atoms with Gasteiger partial charge in [-0.05, 0) is 63.4 Å². The summed E-state index contributed by atoms with van der Waals surface area (Å²) in [6.45, 7) is 8.39. The first kappa shape index (κ1) is 19.0. The molecule has 3 saturated heterocycles. The first-order chi connectivity index (χ1) is 13.2. The molecule has 4 rings (SSSR count). The van der Waals surface area contributed by atoms with Crippen molar-refractivity contribution in [2.45, 2.75) is 37.6 Å². The van der Waals surface area contributed by atoms with Crippen LogP contribution in [0.2, 0.25) is 5.02 Å². The van der Waals surface area contributed by atoms with Gasteiger partial charge in [0.1, 0.15) is 5.54 Å². The Morgan fingerprint density at radius 2 is 1.85 bits per heavy atom. The van der Waals surface area contributed by atoms with Crippen molar-refractivity contribution in [3.05, 3.63) is 29.3 Å². The van der Waals surface area contributed by atoms with Crippen molar-refractivity contribution in [3.8, 4) is 0 Å². The SMILES string of the molecule is O=C1NCCCC12CCCN2CCCN1CCN(c2cccc(Cl)c2)CC1. The van der Waals surface area contributed by atoms with Crippen molar-refractivity contribution in [3.63, 3.8) is 0 Å². The lowest BCUT2D eigenvalue weighted by Crippen LogP contribution is -2.59. The number of hydrogen-bond acceptors (Lipinski definition) is 4. The van der Waals surface area contributed by atoms with Gasteiger partial charge in [0.05, 0.1) is 0 Å². The standard InChI is InChI=1S/C21H31ClN4O/c22-18-5-1-6-19(17-18)25-15-13-24(14-16-25)10-4-12-26-11-3-8-21(26)7-2-9-23-20(21)27/h1,5-6,17H,2-4,7-16H2,(H,23,27). The van der Waals surface area contributed by atoms with Gasteiger partial charge in [-0.1, -0.05) is 17.7 Å². The zero-order valence-corrected chi connectivity index (χ0v) is 16.9. The Bertz CT molecular complexity index is 661. The lowest BCUT2D eigenvalue weighted by atomic mass is 9.86. The Hall–Kier alpha value is -1.30. The average molecular weight is 391 g/mol. The van der Waals surface area contributed by atoms with E-state index in [1.807, 2.05) is 12.1 Å². The number of amides is 1. The van der Waals surface area contributed by atoms with E-state index in [0.29, 0.717) is 0 Å². The van der Waals surface area contributed by atoms with Crippen molar-refractivity contribution in [2.75, 3.05) is 57.3 Å². The number of benzene rings is 1. The van der Waals surface area contributed by atoms with Gasteiger partial charge in [-0.15, -0.1) is 0 Å². The zero-order chi connectivity index (χ0) is 18.7. The molecule has 6 heteroatoms. The van der Waals surface area contributed by atoms with Crippen LogP contribution in [-0.2, 0) is 4.79 Å². The minimum atomic E-state index is -0.191. The molecule has 148 valence electrons. The second kappa shape index (κ2) is 8.38. The summed E-state index contributed by atoms with van der Waals surface area (Å²) < 4.78 is 0. The highest BCUT2D eigenvalue weighted by Crippen LogP contribution is 2.35. The van der Waals surface area contributed by atoms with E-state index in [4.69, 9.17) is 11.6 Å². The molecule has 1 aromatic carbocycles. The first-order valence-electron chi connectivity index (χ1n) is 10.4. The molecular weight excluding hydrogens is 360 g/mol. The molecule has 3 fully saturated rings. The second-order valence-corrected chi connectivity index (χ2v) is 8.58. The minimum Gasteiger partial charge on any atom is -0.369 e. The molecule has 3 heterocycles. The summed E-state index contributed by atoms with van der Waals surface area (Å²) in [4.78, 5) is 20.0. The van der Waals surface area contributed by atoms with Crippen LogP contribution in [0.5, 0.6) is 0 Å². The van der Waals surface area contributed by atoms with E-state index < -0.39 is 0 Å². The summed E-state index contributed by atoms with van der Waals surface area (Å²) in [6, 6.07) is 8.15. The number of piperidine rings is 1. The van der Waals surface area contributed by atoms with Crippen LogP contribution in [0.3, 0.4) is 0 Å². The number of carbonyl (C=O) groups excluding carboxylic acids is 1. The molecule has 1 spiro atoms. The highest BCUT2D eigenvalue weighted by molar-refractivity contribution is 6.30. The maximum atomic E-state index is 12.5. The third-order valence-corrected chi connectivity index (χ3v) is 6.78. The lowest BCUT2D eigenvalue weighted by molar-refractivity contribution is -0.134. The molecule has 3 aliphatic rings. The highest BCUT2D eigenvalue weighted by Gasteiger charge is 2.47. The van der Waals surface area contributed by atoms with E-state index >= 15 is 0 Å². The van der Waals surface area contributed by atoms with Crippen LogP contribution >= 0.6 is 11.6 Å². The van der Waals surface area contributed by atoms with Crippen molar-refractivity contribution < 1.29 is 4.79 Å². The molecule has 1 aromatic rings. The van der Waals surface area contributed by atoms with Gasteiger partial charge in [0, 0.05) is 50.0 Å². The molecule has 0 bridgehead atoms. The molecule has 1 amide bonds. The van der Waals surface area contributed by atoms with E-state index in [2.05, 4.69) is 32.1 Å². The molecule has 0 saturated carbocycles. The summed E-state index contributed by atoms with van der Waals surface area (Å²) in [5.74, 6) is 0.279. The maximum absolute atomic E-state index is 12.5. The molecule has 0 aliphatic carbocycles. The van der Waals surface area contributed by atoms with Crippen LogP contribution in [0.1, 0.15) is 32.1 Å². The number of piperazine rings is 1. The van der Waals surface area contributed by atoms with Gasteiger partial charge in [0.2, 0.25) is 5.91 Å². The highest BCUT2D eigenvalue weighted by atomic mass is 35.5. The van der Waals surface area contributed by atoms with E-state index in [1.165, 1.54) is 5.69 Å². The quantitative estimate of drug-likeness (QED) is 0.838. The van der Waals surface area contributed by atoms with Crippen molar-refractivity contribution in [2.24, 2.45) is 0 Å². The molecule has 27 heavy (non-hydrogen) atoms. The molecule has 0 aromatic heterocycles. The number of nitrogens with one attached hydrogen (secondary N) is 1. The third kappa shape index (κ3) is 4.10. The molecule has 1 N–H and O–H groups in total. The van der Waals surface area contributed by atoms with Crippen LogP contribution in [-0.4, -0.2) is 73.6 Å². The number of rotatable bonds is 5. The number of anilines is 1. The van der Waals surface area contributed by atoms with Gasteiger partial charge in [-0.3, -0.25) is 14.6 Å². The summed E-state index contributed by atoms with van der Waals surface area (Å²) in [7, 11) is 0. The number of carbonyl (C=O) groups is 1. The van der Waals surface area contributed by atoms with E-state index in [-0.39, 0.29) is 11.4 Å². The van der Waals surface area contributed by atoms with Gasteiger partial charge < -0.3 is 10.2 Å². The van der Waals surface area contributed by atoms with Crippen LogP contribution in [0.4, 0.5) is 5.69 Å². The fourth-order valence-electron chi connectivity index (χ4n) is 5.05. The number of hydrogen-bond donors (Lipinski definition) is 1. The van der Waals surface area contributed by atoms with Crippen LogP contribution in [0, 0.1) is 0 Å². The Morgan fingerprint density at radius 3 is 2.63 bits per heavy atom. The molecule has 0 radical (unpaired) electrons. The Kier molecular flexibility index (Phi) is 5.90. The van der Waals surface area contributed by atoms with E-state index in [9.17, 15) is 4.79 Å². The normalized spacial score (nSPS) is 27.3. The minimum absolute atomic E-state index is 0.191. The van der Waals surface area contributed by atoms with E-state index in [0.717, 1.165) is 89.5 Å². The molecule has 1 atom stereocenters. The molecule has 3 aliphatic heterocycles. The fraction of sp³-hybridized carbons (Fsp3) is 0.667. The maximum Gasteiger partial charge on any atom is 0.240 e. The van der Waals surface area contributed by atoms with E-state index in [1.54, 1.807) is 0 Å². The van der Waals surface area contributed by atoms with Crippen LogP contribution in [0.15, 0.2) is 24.3 Å². The van der Waals surface area contributed by atoms with Crippen molar-refractivity contribution >= 4 is 23.2 Å². The van der Waals surface area contributed by atoms with Crippen LogP contribution < -0.4 is 10.2 Å². The Labute approximate surface area is 167 Å². The van der Waals surface area contributed by atoms with Gasteiger partial charge in [-0.25, -0.2) is 0 Å². The Balaban J connectivity index is 1.23. The van der Waals surface area contributed by atoms with Gasteiger partial charge in [0.15, 0.2) is 0 Å². The van der Waals surface area contributed by atoms with Gasteiger partial charge in [-0.2, -0.15) is 0 Å². The van der Waals surface area contributed by atoms with Crippen LogP contribution in [0.25, 0.3) is 0 Å². The van der Waals surface area contributed by atoms with Gasteiger partial charge in [0.25, 0.3) is 0 Å². The number of halogens is 1. The summed E-state index contributed by atoms with van der Waals surface area (Å²) in [6.07, 6.45) is 5.50. The largest absolute Gasteiger partial charge is 0.369 e. The summed E-state index contributed by atoms with van der Waals surface area (Å²) >= 11 is 6.13. The lowest BCUT2D eigenvalue weighted by Gasteiger charge is -2.41. The number of likely N-dealkylation sites (tertiary alicyclic amines) is 1. The second-order valence-electron chi connectivity index (χ2n) is 8.14. The predicted octanol–water partition coefficient (Wildman–Crippen LogP) is 2.60. The summed E-state index contributed by atoms with van der Waals surface area (Å²) in [5, 5.41) is 3.91. The molecule has 5 nitrogen and oxygen atoms in total. The third-order valence-electron chi connectivity index (χ3n) is 6.55. The topological polar surface area (TPSA) is 38.8 Å². The number of nitrogens with zero attached hydrogens (tertiary/aromatic N) is 3. The summed E-state index contributed by atoms with van der Waals surface area (Å²) in [5.41, 5.74) is 1.04. The monoisotopic (exact) mass is 390 g/mol. The average Bonchev–Trinajstić information content (AvgIpc) is 3.08. The zero-order valence-electron chi connectivity index (χ0n) is 16.1. The molecule has 1 unspecified atom stereocenters.